The lowest BCUT2D eigenvalue weighted by atomic mass is 10.2. The third kappa shape index (κ3) is 5.86. The van der Waals surface area contributed by atoms with Crippen LogP contribution in [-0.4, -0.2) is 134 Å². The van der Waals surface area contributed by atoms with Gasteiger partial charge in [-0.3, -0.25) is 19.6 Å². The monoisotopic (exact) mass is 421 g/mol. The largest absolute Gasteiger partial charge is 0.355 e. The zero-order valence-electron chi connectivity index (χ0n) is 19.6. The number of hydrogen-bond donors (Lipinski definition) is 1. The molecule has 2 unspecified atom stereocenters. The highest BCUT2D eigenvalue weighted by atomic mass is 16.2. The van der Waals surface area contributed by atoms with E-state index in [1.54, 1.807) is 0 Å². The van der Waals surface area contributed by atoms with Gasteiger partial charge in [-0.2, -0.15) is 0 Å². The van der Waals surface area contributed by atoms with Crippen LogP contribution in [0.1, 0.15) is 33.6 Å². The zero-order valence-corrected chi connectivity index (χ0v) is 19.6. The van der Waals surface area contributed by atoms with Gasteiger partial charge in [-0.1, -0.05) is 6.92 Å². The van der Waals surface area contributed by atoms with Crippen LogP contribution in [-0.2, 0) is 4.79 Å². The van der Waals surface area contributed by atoms with Crippen molar-refractivity contribution in [3.63, 3.8) is 0 Å². The average molecular weight is 422 g/mol. The third-order valence-corrected chi connectivity index (χ3v) is 7.18. The molecule has 8 nitrogen and oxygen atoms in total. The summed E-state index contributed by atoms with van der Waals surface area (Å²) in [5, 5.41) is 3.60. The number of likely N-dealkylation sites (N-methyl/N-ethyl adjacent to an activating group) is 1. The maximum Gasteiger partial charge on any atom is 0.239 e. The first-order valence-corrected chi connectivity index (χ1v) is 12.0. The van der Waals surface area contributed by atoms with Crippen LogP contribution in [0.15, 0.2) is 4.99 Å². The summed E-state index contributed by atoms with van der Waals surface area (Å²) in [5.41, 5.74) is 0. The third-order valence-electron chi connectivity index (χ3n) is 7.18. The molecular weight excluding hydrogens is 378 g/mol. The maximum atomic E-state index is 12.7. The summed E-state index contributed by atoms with van der Waals surface area (Å²) in [7, 11) is 1.87. The summed E-state index contributed by atoms with van der Waals surface area (Å²) >= 11 is 0. The van der Waals surface area contributed by atoms with Gasteiger partial charge in [-0.15, -0.1) is 0 Å². The Labute approximate surface area is 183 Å². The number of carbonyl (C=O) groups excluding carboxylic acids is 1. The van der Waals surface area contributed by atoms with E-state index in [9.17, 15) is 4.79 Å². The second-order valence-corrected chi connectivity index (χ2v) is 8.98. The zero-order chi connectivity index (χ0) is 21.5. The first-order chi connectivity index (χ1) is 14.5. The summed E-state index contributed by atoms with van der Waals surface area (Å²) in [6.45, 7) is 18.9. The van der Waals surface area contributed by atoms with E-state index in [-0.39, 0.29) is 6.04 Å². The molecule has 0 aliphatic carbocycles. The van der Waals surface area contributed by atoms with Crippen LogP contribution in [0.25, 0.3) is 0 Å². The number of aliphatic imine (C=N–C) groups is 1. The Morgan fingerprint density at radius 1 is 0.867 bits per heavy atom. The van der Waals surface area contributed by atoms with Gasteiger partial charge in [0.1, 0.15) is 0 Å². The minimum absolute atomic E-state index is 0.0120. The van der Waals surface area contributed by atoms with Gasteiger partial charge in [0.25, 0.3) is 0 Å². The fourth-order valence-electron chi connectivity index (χ4n) is 4.90. The fourth-order valence-corrected chi connectivity index (χ4v) is 4.90. The van der Waals surface area contributed by atoms with E-state index in [4.69, 9.17) is 0 Å². The lowest BCUT2D eigenvalue weighted by Gasteiger charge is -2.40. The Morgan fingerprint density at radius 3 is 2.03 bits per heavy atom. The van der Waals surface area contributed by atoms with Crippen LogP contribution in [0.4, 0.5) is 0 Å². The molecule has 3 heterocycles. The maximum absolute atomic E-state index is 12.7. The lowest BCUT2D eigenvalue weighted by molar-refractivity contribution is -0.135. The molecule has 0 bridgehead atoms. The Hall–Kier alpha value is -1.38. The highest BCUT2D eigenvalue weighted by molar-refractivity contribution is 5.82. The van der Waals surface area contributed by atoms with Gasteiger partial charge in [0.05, 0.1) is 6.04 Å². The second kappa shape index (κ2) is 11.3. The van der Waals surface area contributed by atoms with E-state index in [0.29, 0.717) is 11.9 Å². The molecule has 0 aromatic rings. The molecule has 172 valence electrons. The van der Waals surface area contributed by atoms with E-state index in [2.05, 4.69) is 50.7 Å². The summed E-state index contributed by atoms with van der Waals surface area (Å²) < 4.78 is 0. The molecule has 8 heteroatoms. The predicted octanol–water partition coefficient (Wildman–Crippen LogP) is 0.216. The molecule has 3 fully saturated rings. The van der Waals surface area contributed by atoms with Crippen molar-refractivity contribution in [1.82, 2.24) is 29.8 Å². The highest BCUT2D eigenvalue weighted by Crippen LogP contribution is 2.14. The van der Waals surface area contributed by atoms with E-state index in [1.165, 1.54) is 13.1 Å². The van der Waals surface area contributed by atoms with Gasteiger partial charge in [0.15, 0.2) is 5.96 Å². The number of nitrogens with zero attached hydrogens (tertiary/aromatic N) is 6. The number of nitrogens with one attached hydrogen (secondary N) is 1. The van der Waals surface area contributed by atoms with Gasteiger partial charge >= 0.3 is 0 Å². The minimum atomic E-state index is -0.0120. The summed E-state index contributed by atoms with van der Waals surface area (Å²) in [6.07, 6.45) is 2.31. The van der Waals surface area contributed by atoms with Crippen molar-refractivity contribution in [2.45, 2.75) is 45.7 Å². The first-order valence-electron chi connectivity index (χ1n) is 12.0. The average Bonchev–Trinajstić information content (AvgIpc) is 3.34. The Kier molecular flexibility index (Phi) is 8.77. The molecule has 0 aromatic carbocycles. The number of likely N-dealkylation sites (tertiary alicyclic amines) is 1. The molecule has 3 saturated heterocycles. The fraction of sp³-hybridized carbons (Fsp3) is 0.909. The molecule has 1 N–H and O–H groups in total. The molecule has 2 atom stereocenters. The van der Waals surface area contributed by atoms with Crippen LogP contribution >= 0.6 is 0 Å². The van der Waals surface area contributed by atoms with Gasteiger partial charge in [-0.05, 0) is 33.2 Å². The van der Waals surface area contributed by atoms with Crippen LogP contribution in [0.3, 0.4) is 0 Å². The molecule has 1 amide bonds. The quantitative estimate of drug-likeness (QED) is 0.489. The van der Waals surface area contributed by atoms with Crippen molar-refractivity contribution in [2.24, 2.45) is 4.99 Å². The number of amides is 1. The van der Waals surface area contributed by atoms with E-state index < -0.39 is 0 Å². The predicted molar refractivity (Wildman–Crippen MR) is 123 cm³/mol. The van der Waals surface area contributed by atoms with E-state index in [0.717, 1.165) is 84.2 Å². The van der Waals surface area contributed by atoms with Crippen molar-refractivity contribution >= 4 is 11.9 Å². The van der Waals surface area contributed by atoms with Crippen LogP contribution in [0.2, 0.25) is 0 Å². The van der Waals surface area contributed by atoms with Crippen molar-refractivity contribution in [3.8, 4) is 0 Å². The molecular formula is C22H43N7O. The lowest BCUT2D eigenvalue weighted by Crippen LogP contribution is -2.58. The van der Waals surface area contributed by atoms with Gasteiger partial charge in [0, 0.05) is 85.1 Å². The Morgan fingerprint density at radius 2 is 1.47 bits per heavy atom. The van der Waals surface area contributed by atoms with Crippen LogP contribution < -0.4 is 5.32 Å². The molecule has 0 aromatic heterocycles. The SMILES string of the molecule is CCN1CCN(C(C)CNC(=NC)N2CCN(C(C)C(=O)N3CCCC3)CC2)CC1. The van der Waals surface area contributed by atoms with E-state index in [1.807, 2.05) is 11.9 Å². The van der Waals surface area contributed by atoms with Crippen LogP contribution in [0, 0.1) is 0 Å². The standard InChI is InChI=1S/C22H43N7O/c1-5-25-10-12-26(13-11-25)19(2)18-24-22(23-4)29-16-14-27(15-17-29)20(3)21(30)28-8-6-7-9-28/h19-20H,5-18H2,1-4H3,(H,23,24). The summed E-state index contributed by atoms with van der Waals surface area (Å²) in [6, 6.07) is 0.488. The summed E-state index contributed by atoms with van der Waals surface area (Å²) in [4.78, 5) is 29.1. The summed E-state index contributed by atoms with van der Waals surface area (Å²) in [5.74, 6) is 1.30. The van der Waals surface area contributed by atoms with Crippen molar-refractivity contribution in [1.29, 1.82) is 0 Å². The molecule has 0 saturated carbocycles. The highest BCUT2D eigenvalue weighted by Gasteiger charge is 2.30. The number of hydrogen-bond acceptors (Lipinski definition) is 5. The first kappa shape index (κ1) is 23.3. The smallest absolute Gasteiger partial charge is 0.239 e. The van der Waals surface area contributed by atoms with Crippen molar-refractivity contribution in [3.05, 3.63) is 0 Å². The molecule has 0 radical (unpaired) electrons. The second-order valence-electron chi connectivity index (χ2n) is 8.98. The number of rotatable bonds is 6. The Balaban J connectivity index is 1.41. The van der Waals surface area contributed by atoms with Gasteiger partial charge in [-0.25, -0.2) is 0 Å². The molecule has 30 heavy (non-hydrogen) atoms. The molecule has 3 aliphatic heterocycles. The molecule has 3 rings (SSSR count). The topological polar surface area (TPSA) is 57.7 Å². The minimum Gasteiger partial charge on any atom is -0.355 e. The van der Waals surface area contributed by atoms with Gasteiger partial charge in [0.2, 0.25) is 5.91 Å². The molecule has 3 aliphatic rings. The molecule has 0 spiro atoms. The number of carbonyl (C=O) groups is 1. The van der Waals surface area contributed by atoms with Gasteiger partial charge < -0.3 is 20.0 Å². The number of piperazine rings is 2. The van der Waals surface area contributed by atoms with Crippen molar-refractivity contribution in [2.75, 3.05) is 85.6 Å². The normalized spacial score (nSPS) is 24.9. The number of guanidine groups is 1. The Bertz CT molecular complexity index is 562. The van der Waals surface area contributed by atoms with Crippen molar-refractivity contribution < 1.29 is 4.79 Å². The van der Waals surface area contributed by atoms with E-state index >= 15 is 0 Å². The van der Waals surface area contributed by atoms with Crippen LogP contribution in [0.5, 0.6) is 0 Å².